The molecule has 1 heterocycles. The highest BCUT2D eigenvalue weighted by molar-refractivity contribution is 7.80. The number of nitrogens with one attached hydrogen (secondary N) is 1. The molecule has 4 nitrogen and oxygen atoms in total. The van der Waals surface area contributed by atoms with Gasteiger partial charge < -0.3 is 10.1 Å². The number of carbonyl (C=O) groups excluding carboxylic acids is 1. The van der Waals surface area contributed by atoms with Crippen LogP contribution in [0.5, 0.6) is 0 Å². The van der Waals surface area contributed by atoms with Gasteiger partial charge in [-0.1, -0.05) is 54.0 Å². The van der Waals surface area contributed by atoms with E-state index in [-0.39, 0.29) is 6.04 Å². The summed E-state index contributed by atoms with van der Waals surface area (Å²) in [5.74, 6) is 0.817. The number of amides is 1. The third-order valence-electron chi connectivity index (χ3n) is 6.47. The van der Waals surface area contributed by atoms with E-state index < -0.39 is 11.7 Å². The van der Waals surface area contributed by atoms with Crippen LogP contribution in [0.1, 0.15) is 75.6 Å². The zero-order valence-electron chi connectivity index (χ0n) is 19.5. The zero-order chi connectivity index (χ0) is 23.9. The Bertz CT molecular complexity index is 1080. The Balaban J connectivity index is 1.69. The second kappa shape index (κ2) is 9.44. The summed E-state index contributed by atoms with van der Waals surface area (Å²) in [7, 11) is 0. The first kappa shape index (κ1) is 24.3. The van der Waals surface area contributed by atoms with Crippen LogP contribution in [0, 0.1) is 5.92 Å². The number of anilines is 1. The van der Waals surface area contributed by atoms with E-state index in [4.69, 9.17) is 40.2 Å². The van der Waals surface area contributed by atoms with Crippen molar-refractivity contribution in [3.8, 4) is 0 Å². The van der Waals surface area contributed by atoms with Gasteiger partial charge in [0.15, 0.2) is 0 Å². The lowest BCUT2D eigenvalue weighted by Crippen LogP contribution is -2.38. The molecule has 1 aliphatic carbocycles. The van der Waals surface area contributed by atoms with Gasteiger partial charge in [0, 0.05) is 28.2 Å². The lowest BCUT2D eigenvalue weighted by molar-refractivity contribution is 0.0153. The van der Waals surface area contributed by atoms with Crippen molar-refractivity contribution in [2.45, 2.75) is 71.1 Å². The van der Waals surface area contributed by atoms with Gasteiger partial charge in [-0.25, -0.2) is 4.79 Å². The first-order chi connectivity index (χ1) is 15.5. The number of rotatable bonds is 4. The first-order valence-electron chi connectivity index (χ1n) is 11.4. The van der Waals surface area contributed by atoms with Crippen LogP contribution >= 0.6 is 35.4 Å². The number of ether oxygens (including phenoxy) is 1. The van der Waals surface area contributed by atoms with Crippen LogP contribution in [0.2, 0.25) is 10.0 Å². The van der Waals surface area contributed by atoms with E-state index in [2.05, 4.69) is 17.4 Å². The molecule has 0 radical (unpaired) electrons. The van der Waals surface area contributed by atoms with Crippen LogP contribution in [0.15, 0.2) is 36.4 Å². The highest BCUT2D eigenvalue weighted by atomic mass is 35.5. The van der Waals surface area contributed by atoms with Gasteiger partial charge in [-0.2, -0.15) is 0 Å². The molecule has 7 heteroatoms. The fourth-order valence-electron chi connectivity index (χ4n) is 4.89. The molecule has 3 atom stereocenters. The fourth-order valence-corrected chi connectivity index (χ4v) is 5.83. The zero-order valence-corrected chi connectivity index (χ0v) is 21.8. The first-order valence-corrected chi connectivity index (χ1v) is 12.6. The summed E-state index contributed by atoms with van der Waals surface area (Å²) in [4.78, 5) is 15.9. The maximum atomic E-state index is 13.3. The molecule has 0 bridgehead atoms. The molecule has 0 aromatic heterocycles. The predicted octanol–water partition coefficient (Wildman–Crippen LogP) is 8.13. The Morgan fingerprint density at radius 3 is 2.64 bits per heavy atom. The van der Waals surface area contributed by atoms with Crippen molar-refractivity contribution in [1.29, 1.82) is 0 Å². The van der Waals surface area contributed by atoms with Crippen LogP contribution in [-0.4, -0.2) is 21.6 Å². The van der Waals surface area contributed by atoms with Gasteiger partial charge in [-0.05, 0) is 87.4 Å². The molecule has 1 N–H and O–H groups in total. The summed E-state index contributed by atoms with van der Waals surface area (Å²) in [6.07, 6.45) is 3.03. The Morgan fingerprint density at radius 2 is 1.94 bits per heavy atom. The molecule has 176 valence electrons. The normalized spacial score (nSPS) is 20.5. The average molecular weight is 506 g/mol. The molecule has 1 amide bonds. The van der Waals surface area contributed by atoms with Crippen molar-refractivity contribution in [3.05, 3.63) is 63.1 Å². The van der Waals surface area contributed by atoms with Crippen LogP contribution in [0.3, 0.4) is 0 Å². The average Bonchev–Trinajstić information content (AvgIpc) is 3.21. The van der Waals surface area contributed by atoms with Crippen molar-refractivity contribution in [1.82, 2.24) is 4.90 Å². The van der Waals surface area contributed by atoms with Gasteiger partial charge in [0.1, 0.15) is 5.60 Å². The van der Waals surface area contributed by atoms with E-state index in [1.165, 1.54) is 12.0 Å². The van der Waals surface area contributed by atoms with E-state index in [9.17, 15) is 4.79 Å². The second-order valence-electron chi connectivity index (χ2n) is 10.0. The van der Waals surface area contributed by atoms with Gasteiger partial charge in [0.2, 0.25) is 0 Å². The molecule has 0 saturated heterocycles. The van der Waals surface area contributed by atoms with Crippen molar-refractivity contribution >= 4 is 52.2 Å². The van der Waals surface area contributed by atoms with E-state index in [0.717, 1.165) is 34.6 Å². The molecular formula is C26H30Cl2N2O2S. The number of hydrogen-bond donors (Lipinski definition) is 1. The van der Waals surface area contributed by atoms with Crippen molar-refractivity contribution < 1.29 is 9.53 Å². The molecule has 33 heavy (non-hydrogen) atoms. The number of fused-ring (bicyclic) bond motifs is 3. The van der Waals surface area contributed by atoms with Crippen LogP contribution in [-0.2, 0) is 11.3 Å². The summed E-state index contributed by atoms with van der Waals surface area (Å²) in [5, 5.41) is 4.72. The molecule has 1 aliphatic heterocycles. The minimum absolute atomic E-state index is 0.326. The molecule has 2 aliphatic rings. The van der Waals surface area contributed by atoms with Crippen molar-refractivity contribution in [2.24, 2.45) is 5.92 Å². The topological polar surface area (TPSA) is 41.6 Å². The van der Waals surface area contributed by atoms with Crippen molar-refractivity contribution in [2.75, 3.05) is 5.32 Å². The third kappa shape index (κ3) is 5.31. The fraction of sp³-hybridized carbons (Fsp3) is 0.462. The van der Waals surface area contributed by atoms with Crippen LogP contribution < -0.4 is 5.32 Å². The molecule has 1 saturated carbocycles. The molecule has 1 fully saturated rings. The van der Waals surface area contributed by atoms with Crippen LogP contribution in [0.25, 0.3) is 0 Å². The Hall–Kier alpha value is -1.82. The number of nitrogens with zero attached hydrogens (tertiary/aromatic N) is 1. The summed E-state index contributed by atoms with van der Waals surface area (Å²) in [6, 6.07) is 11.3. The Kier molecular flexibility index (Phi) is 6.95. The minimum Gasteiger partial charge on any atom is -0.444 e. The number of thiocarbonyl (C=S) groups is 1. The van der Waals surface area contributed by atoms with E-state index in [0.29, 0.717) is 28.4 Å². The monoisotopic (exact) mass is 504 g/mol. The number of benzene rings is 2. The third-order valence-corrected chi connectivity index (χ3v) is 7.43. The number of carbonyl (C=O) groups is 1. The van der Waals surface area contributed by atoms with E-state index in [1.807, 2.05) is 52.0 Å². The second-order valence-corrected chi connectivity index (χ2v) is 11.3. The van der Waals surface area contributed by atoms with Gasteiger partial charge in [0.05, 0.1) is 11.0 Å². The molecule has 3 unspecified atom stereocenters. The predicted molar refractivity (Wildman–Crippen MR) is 139 cm³/mol. The quantitative estimate of drug-likeness (QED) is 0.426. The lowest BCUT2D eigenvalue weighted by atomic mass is 9.83. The molecule has 4 rings (SSSR count). The minimum atomic E-state index is -0.617. The molecule has 2 aromatic carbocycles. The van der Waals surface area contributed by atoms with Gasteiger partial charge in [-0.15, -0.1) is 0 Å². The van der Waals surface area contributed by atoms with E-state index >= 15 is 0 Å². The number of hydrogen-bond acceptors (Lipinski definition) is 3. The lowest BCUT2D eigenvalue weighted by Gasteiger charge is -2.35. The Labute approximate surface area is 211 Å². The van der Waals surface area contributed by atoms with Crippen LogP contribution in [0.4, 0.5) is 10.5 Å². The number of halogens is 2. The van der Waals surface area contributed by atoms with Gasteiger partial charge in [0.25, 0.3) is 0 Å². The van der Waals surface area contributed by atoms with Gasteiger partial charge in [-0.3, -0.25) is 4.90 Å². The smallest absolute Gasteiger partial charge is 0.411 e. The molecule has 0 spiro atoms. The summed E-state index contributed by atoms with van der Waals surface area (Å²) < 4.78 is 5.75. The summed E-state index contributed by atoms with van der Waals surface area (Å²) in [5.41, 5.74) is 3.39. The highest BCUT2D eigenvalue weighted by Gasteiger charge is 2.38. The largest absolute Gasteiger partial charge is 0.444 e. The molecular weight excluding hydrogens is 475 g/mol. The van der Waals surface area contributed by atoms with Crippen molar-refractivity contribution in [3.63, 3.8) is 0 Å². The maximum absolute atomic E-state index is 13.3. The standard InChI is InChI=1S/C26H30Cl2N2O2S/c1-15(30(25(31)32-26(2,3)4)14-16-7-5-8-17(27)11-16)20-13-23-21(12-22(20)28)18-9-6-10-19(18)24(33)29-23/h5,7-8,11-13,15,18-19H,6,9-10,14H2,1-4H3,(H,29,33). The summed E-state index contributed by atoms with van der Waals surface area (Å²) in [6.45, 7) is 7.91. The SMILES string of the molecule is CC(c1cc2c(cc1Cl)C1CCCC1C(=S)N2)N(Cc1cccc(Cl)c1)C(=O)OC(C)(C)C. The van der Waals surface area contributed by atoms with E-state index in [1.54, 1.807) is 4.90 Å². The van der Waals surface area contributed by atoms with Gasteiger partial charge >= 0.3 is 6.09 Å². The highest BCUT2D eigenvalue weighted by Crippen LogP contribution is 2.48. The molecule has 2 aromatic rings. The summed E-state index contributed by atoms with van der Waals surface area (Å²) >= 11 is 18.7. The Morgan fingerprint density at radius 1 is 1.21 bits per heavy atom. The maximum Gasteiger partial charge on any atom is 0.411 e.